The molecule has 6 nitrogen and oxygen atoms in total. The zero-order valence-electron chi connectivity index (χ0n) is 13.5. The van der Waals surface area contributed by atoms with Gasteiger partial charge in [-0.15, -0.1) is 0 Å². The lowest BCUT2D eigenvalue weighted by atomic mass is 10.2. The van der Waals surface area contributed by atoms with E-state index in [1.54, 1.807) is 10.8 Å². The molecule has 22 heavy (non-hydrogen) atoms. The van der Waals surface area contributed by atoms with E-state index in [-0.39, 0.29) is 23.5 Å². The van der Waals surface area contributed by atoms with E-state index in [9.17, 15) is 14.4 Å². The average Bonchev–Trinajstić information content (AvgIpc) is 2.45. The molecule has 128 valence electrons. The summed E-state index contributed by atoms with van der Waals surface area (Å²) in [6, 6.07) is 0. The van der Waals surface area contributed by atoms with Gasteiger partial charge in [-0.05, 0) is 6.92 Å². The van der Waals surface area contributed by atoms with Gasteiger partial charge in [-0.2, -0.15) is 0 Å². The van der Waals surface area contributed by atoms with Gasteiger partial charge in [0.15, 0.2) is 0 Å². The fraction of sp³-hybridized carbons (Fsp3) is 0.786. The summed E-state index contributed by atoms with van der Waals surface area (Å²) in [5.41, 5.74) is 0. The van der Waals surface area contributed by atoms with Gasteiger partial charge in [0, 0.05) is 31.1 Å². The van der Waals surface area contributed by atoms with Crippen molar-refractivity contribution >= 4 is 39.2 Å². The van der Waals surface area contributed by atoms with E-state index in [1.165, 1.54) is 17.7 Å². The molecular formula is C14H26N2O4S2. The topological polar surface area (TPSA) is 84.5 Å². The van der Waals surface area contributed by atoms with Crippen molar-refractivity contribution < 1.29 is 19.1 Å². The van der Waals surface area contributed by atoms with E-state index in [1.807, 2.05) is 13.8 Å². The first kappa shape index (κ1) is 21.3. The fourth-order valence-electron chi connectivity index (χ4n) is 1.21. The number of carbonyl (C=O) groups is 3. The van der Waals surface area contributed by atoms with Gasteiger partial charge in [0.05, 0.1) is 19.1 Å². The van der Waals surface area contributed by atoms with Crippen molar-refractivity contribution in [3.8, 4) is 0 Å². The van der Waals surface area contributed by atoms with Crippen LogP contribution in [0.2, 0.25) is 0 Å². The number of hydrogen-bond acceptors (Lipinski definition) is 6. The first-order valence-electron chi connectivity index (χ1n) is 7.29. The molecule has 0 saturated carbocycles. The van der Waals surface area contributed by atoms with Crippen molar-refractivity contribution in [2.24, 2.45) is 5.92 Å². The highest BCUT2D eigenvalue weighted by atomic mass is 33.1. The molecule has 0 aromatic carbocycles. The molecule has 2 N–H and O–H groups in total. The summed E-state index contributed by atoms with van der Waals surface area (Å²) < 4.78 is 5.21. The molecule has 0 aromatic rings. The molecule has 0 aliphatic rings. The molecule has 2 amide bonds. The summed E-state index contributed by atoms with van der Waals surface area (Å²) in [5.74, 6) is 1.36. The van der Waals surface area contributed by atoms with Gasteiger partial charge >= 0.3 is 0 Å². The third-order valence-electron chi connectivity index (χ3n) is 2.49. The summed E-state index contributed by atoms with van der Waals surface area (Å²) in [7, 11) is 3.08. The number of amides is 2. The molecule has 0 unspecified atom stereocenters. The van der Waals surface area contributed by atoms with E-state index in [0.29, 0.717) is 44.2 Å². The minimum Gasteiger partial charge on any atom is -0.379 e. The van der Waals surface area contributed by atoms with Crippen LogP contribution in [0.25, 0.3) is 0 Å². The zero-order valence-corrected chi connectivity index (χ0v) is 15.1. The summed E-state index contributed by atoms with van der Waals surface area (Å²) >= 11 is 0. The number of ketones is 1. The van der Waals surface area contributed by atoms with Crippen LogP contribution in [-0.2, 0) is 19.1 Å². The van der Waals surface area contributed by atoms with Crippen molar-refractivity contribution in [1.82, 2.24) is 10.6 Å². The lowest BCUT2D eigenvalue weighted by molar-refractivity contribution is -0.123. The number of Topliss-reactive ketones (excluding diaryl/α,β-unsaturated/α-hetero) is 1. The van der Waals surface area contributed by atoms with Crippen LogP contribution >= 0.6 is 21.6 Å². The Morgan fingerprint density at radius 1 is 1.05 bits per heavy atom. The van der Waals surface area contributed by atoms with Crippen LogP contribution in [0.3, 0.4) is 0 Å². The summed E-state index contributed by atoms with van der Waals surface area (Å²) in [5, 5.41) is 5.55. The van der Waals surface area contributed by atoms with Crippen LogP contribution in [0, 0.1) is 5.92 Å². The zero-order chi connectivity index (χ0) is 16.8. The van der Waals surface area contributed by atoms with Gasteiger partial charge in [0.25, 0.3) is 0 Å². The molecule has 0 aliphatic heterocycles. The Morgan fingerprint density at radius 2 is 1.77 bits per heavy atom. The van der Waals surface area contributed by atoms with Crippen molar-refractivity contribution in [3.63, 3.8) is 0 Å². The van der Waals surface area contributed by atoms with Gasteiger partial charge in [-0.3, -0.25) is 14.4 Å². The maximum absolute atomic E-state index is 11.5. The molecule has 0 fully saturated rings. The van der Waals surface area contributed by atoms with Crippen LogP contribution < -0.4 is 10.6 Å². The molecule has 0 atom stereocenters. The van der Waals surface area contributed by atoms with Gasteiger partial charge in [0.1, 0.15) is 5.78 Å². The Morgan fingerprint density at radius 3 is 2.41 bits per heavy atom. The molecule has 8 heteroatoms. The van der Waals surface area contributed by atoms with Gasteiger partial charge in [0.2, 0.25) is 11.8 Å². The van der Waals surface area contributed by atoms with Crippen molar-refractivity contribution in [1.29, 1.82) is 0 Å². The SMILES string of the molecule is CC(=O)CCOCCNC(=O)CCSSCNC(=O)C(C)C. The number of hydrogen-bond donors (Lipinski definition) is 2. The molecule has 0 aromatic heterocycles. The Balaban J connectivity index is 3.33. The smallest absolute Gasteiger partial charge is 0.223 e. The molecular weight excluding hydrogens is 324 g/mol. The second-order valence-corrected chi connectivity index (χ2v) is 7.53. The molecule has 0 radical (unpaired) electrons. The first-order valence-corrected chi connectivity index (χ1v) is 9.78. The Labute approximate surface area is 140 Å². The fourth-order valence-corrected chi connectivity index (χ4v) is 2.91. The molecule has 0 bridgehead atoms. The average molecular weight is 351 g/mol. The second-order valence-electron chi connectivity index (χ2n) is 4.94. The van der Waals surface area contributed by atoms with E-state index in [2.05, 4.69) is 10.6 Å². The highest BCUT2D eigenvalue weighted by Crippen LogP contribution is 2.20. The second kappa shape index (κ2) is 13.9. The van der Waals surface area contributed by atoms with Crippen molar-refractivity contribution in [2.45, 2.75) is 33.6 Å². The highest BCUT2D eigenvalue weighted by Gasteiger charge is 2.05. The summed E-state index contributed by atoms with van der Waals surface area (Å²) in [6.45, 7) is 6.50. The third kappa shape index (κ3) is 14.2. The minimum atomic E-state index is -0.0190. The van der Waals surface area contributed by atoms with Crippen molar-refractivity contribution in [3.05, 3.63) is 0 Å². The molecule has 0 heterocycles. The summed E-state index contributed by atoms with van der Waals surface area (Å²) in [6.07, 6.45) is 0.846. The lowest BCUT2D eigenvalue weighted by Gasteiger charge is -2.07. The standard InChI is InChI=1S/C14H26N2O4S2/c1-11(2)14(19)16-10-22-21-9-5-13(18)15-6-8-20-7-4-12(3)17/h11H,4-10H2,1-3H3,(H,15,18)(H,16,19). The highest BCUT2D eigenvalue weighted by molar-refractivity contribution is 8.76. The Hall–Kier alpha value is -0.730. The van der Waals surface area contributed by atoms with Crippen LogP contribution in [0.15, 0.2) is 0 Å². The van der Waals surface area contributed by atoms with E-state index in [0.717, 1.165) is 0 Å². The third-order valence-corrected chi connectivity index (χ3v) is 4.65. The number of rotatable bonds is 13. The van der Waals surface area contributed by atoms with Gasteiger partial charge < -0.3 is 15.4 Å². The Kier molecular flexibility index (Phi) is 13.4. The van der Waals surface area contributed by atoms with Crippen LogP contribution in [0.5, 0.6) is 0 Å². The predicted octanol–water partition coefficient (Wildman–Crippen LogP) is 1.60. The number of ether oxygens (including phenoxy) is 1. The quantitative estimate of drug-likeness (QED) is 0.298. The first-order chi connectivity index (χ1) is 10.4. The van der Waals surface area contributed by atoms with Gasteiger partial charge in [-0.25, -0.2) is 0 Å². The monoisotopic (exact) mass is 350 g/mol. The number of carbonyl (C=O) groups excluding carboxylic acids is 3. The van der Waals surface area contributed by atoms with Crippen LogP contribution in [0.1, 0.15) is 33.6 Å². The largest absolute Gasteiger partial charge is 0.379 e. The van der Waals surface area contributed by atoms with E-state index >= 15 is 0 Å². The van der Waals surface area contributed by atoms with E-state index in [4.69, 9.17) is 4.74 Å². The summed E-state index contributed by atoms with van der Waals surface area (Å²) in [4.78, 5) is 33.5. The predicted molar refractivity (Wildman–Crippen MR) is 91.6 cm³/mol. The Bertz CT molecular complexity index is 352. The molecule has 0 rings (SSSR count). The van der Waals surface area contributed by atoms with Crippen molar-refractivity contribution in [2.75, 3.05) is 31.4 Å². The maximum atomic E-state index is 11.5. The van der Waals surface area contributed by atoms with Crippen LogP contribution in [0.4, 0.5) is 0 Å². The maximum Gasteiger partial charge on any atom is 0.223 e. The normalized spacial score (nSPS) is 10.5. The molecule has 0 spiro atoms. The van der Waals surface area contributed by atoms with Gasteiger partial charge in [-0.1, -0.05) is 35.4 Å². The van der Waals surface area contributed by atoms with Crippen LogP contribution in [-0.4, -0.2) is 49.0 Å². The lowest BCUT2D eigenvalue weighted by Crippen LogP contribution is -2.28. The minimum absolute atomic E-state index is 0.00552. The molecule has 0 saturated heterocycles. The number of nitrogens with one attached hydrogen (secondary N) is 2. The van der Waals surface area contributed by atoms with E-state index < -0.39 is 0 Å². The molecule has 0 aliphatic carbocycles.